The molecule has 1 aromatic heterocycles. The highest BCUT2D eigenvalue weighted by molar-refractivity contribution is 7.16. The van der Waals surface area contributed by atoms with Crippen molar-refractivity contribution < 1.29 is 14.5 Å². The van der Waals surface area contributed by atoms with Gasteiger partial charge in [0, 0.05) is 25.8 Å². The van der Waals surface area contributed by atoms with Gasteiger partial charge in [0.15, 0.2) is 4.80 Å². The van der Waals surface area contributed by atoms with E-state index < -0.39 is 4.92 Å². The SMILES string of the molecule is COCCn1c(=NC(=O)Cc2cccc3ccccc23)sc2ccc([N+](=O)[O-])cc21. The van der Waals surface area contributed by atoms with Crippen LogP contribution in [0.2, 0.25) is 0 Å². The molecule has 4 aromatic rings. The van der Waals surface area contributed by atoms with Crippen LogP contribution in [-0.2, 0) is 22.5 Å². The lowest BCUT2D eigenvalue weighted by molar-refractivity contribution is -0.384. The smallest absolute Gasteiger partial charge is 0.271 e. The molecular formula is C22H19N3O4S. The number of benzene rings is 3. The third kappa shape index (κ3) is 4.00. The van der Waals surface area contributed by atoms with Crippen LogP contribution in [0.15, 0.2) is 65.7 Å². The van der Waals surface area contributed by atoms with Gasteiger partial charge >= 0.3 is 0 Å². The van der Waals surface area contributed by atoms with Gasteiger partial charge in [0.2, 0.25) is 0 Å². The Bertz CT molecular complexity index is 1320. The zero-order chi connectivity index (χ0) is 21.1. The monoisotopic (exact) mass is 421 g/mol. The summed E-state index contributed by atoms with van der Waals surface area (Å²) in [5.41, 5.74) is 1.59. The first-order valence-electron chi connectivity index (χ1n) is 9.38. The highest BCUT2D eigenvalue weighted by atomic mass is 32.1. The van der Waals surface area contributed by atoms with Gasteiger partial charge in [-0.15, -0.1) is 0 Å². The van der Waals surface area contributed by atoms with Crippen LogP contribution in [0.4, 0.5) is 5.69 Å². The van der Waals surface area contributed by atoms with Crippen molar-refractivity contribution in [3.05, 3.63) is 81.1 Å². The average Bonchev–Trinajstić information content (AvgIpc) is 3.08. The van der Waals surface area contributed by atoms with Crippen LogP contribution in [0.25, 0.3) is 21.0 Å². The highest BCUT2D eigenvalue weighted by Gasteiger charge is 2.13. The molecule has 8 heteroatoms. The number of rotatable bonds is 6. The summed E-state index contributed by atoms with van der Waals surface area (Å²) < 4.78 is 7.80. The first-order valence-corrected chi connectivity index (χ1v) is 10.2. The Balaban J connectivity index is 1.75. The van der Waals surface area contributed by atoms with Crippen molar-refractivity contribution >= 4 is 43.9 Å². The maximum atomic E-state index is 12.8. The van der Waals surface area contributed by atoms with Gasteiger partial charge in [0.1, 0.15) is 0 Å². The zero-order valence-corrected chi connectivity index (χ0v) is 17.1. The fourth-order valence-electron chi connectivity index (χ4n) is 3.41. The fourth-order valence-corrected chi connectivity index (χ4v) is 4.46. The summed E-state index contributed by atoms with van der Waals surface area (Å²) in [4.78, 5) is 28.4. The molecular weight excluding hydrogens is 402 g/mol. The van der Waals surface area contributed by atoms with E-state index in [0.29, 0.717) is 23.5 Å². The summed E-state index contributed by atoms with van der Waals surface area (Å²) in [6.45, 7) is 0.845. The van der Waals surface area contributed by atoms with Gasteiger partial charge in [0.05, 0.1) is 28.2 Å². The minimum atomic E-state index is -0.430. The molecule has 7 nitrogen and oxygen atoms in total. The van der Waals surface area contributed by atoms with Gasteiger partial charge in [-0.25, -0.2) is 0 Å². The van der Waals surface area contributed by atoms with E-state index in [-0.39, 0.29) is 18.0 Å². The maximum absolute atomic E-state index is 12.8. The number of fused-ring (bicyclic) bond motifs is 2. The van der Waals surface area contributed by atoms with Crippen LogP contribution in [0.3, 0.4) is 0 Å². The number of carbonyl (C=O) groups excluding carboxylic acids is 1. The third-order valence-corrected chi connectivity index (χ3v) is 5.90. The van der Waals surface area contributed by atoms with E-state index in [2.05, 4.69) is 4.99 Å². The lowest BCUT2D eigenvalue weighted by Crippen LogP contribution is -2.19. The summed E-state index contributed by atoms with van der Waals surface area (Å²) >= 11 is 1.33. The lowest BCUT2D eigenvalue weighted by Gasteiger charge is -2.05. The van der Waals surface area contributed by atoms with E-state index in [1.807, 2.05) is 42.5 Å². The number of hydrogen-bond donors (Lipinski definition) is 0. The minimum absolute atomic E-state index is 0.0000914. The van der Waals surface area contributed by atoms with Gasteiger partial charge < -0.3 is 9.30 Å². The van der Waals surface area contributed by atoms with Crippen LogP contribution < -0.4 is 4.80 Å². The van der Waals surface area contributed by atoms with Crippen LogP contribution in [0.1, 0.15) is 5.56 Å². The Morgan fingerprint density at radius 2 is 1.97 bits per heavy atom. The van der Waals surface area contributed by atoms with Crippen molar-refractivity contribution in [3.8, 4) is 0 Å². The molecule has 0 aliphatic carbocycles. The first kappa shape index (κ1) is 19.9. The molecule has 0 atom stereocenters. The van der Waals surface area contributed by atoms with E-state index in [1.165, 1.54) is 23.5 Å². The highest BCUT2D eigenvalue weighted by Crippen LogP contribution is 2.23. The number of nitrogens with zero attached hydrogens (tertiary/aromatic N) is 3. The Morgan fingerprint density at radius 3 is 2.77 bits per heavy atom. The van der Waals surface area contributed by atoms with E-state index in [1.54, 1.807) is 17.7 Å². The molecule has 4 rings (SSSR count). The number of nitro benzene ring substituents is 1. The second kappa shape index (κ2) is 8.56. The largest absolute Gasteiger partial charge is 0.383 e. The molecule has 0 N–H and O–H groups in total. The second-order valence-electron chi connectivity index (χ2n) is 6.76. The van der Waals surface area contributed by atoms with E-state index in [0.717, 1.165) is 21.0 Å². The number of methoxy groups -OCH3 is 1. The normalized spacial score (nSPS) is 12.0. The molecule has 1 heterocycles. The summed E-state index contributed by atoms with van der Waals surface area (Å²) in [5, 5.41) is 13.3. The van der Waals surface area contributed by atoms with Gasteiger partial charge in [0.25, 0.3) is 11.6 Å². The first-order chi connectivity index (χ1) is 14.6. The molecule has 0 unspecified atom stereocenters. The maximum Gasteiger partial charge on any atom is 0.271 e. The molecule has 0 aliphatic rings. The number of aromatic nitrogens is 1. The second-order valence-corrected chi connectivity index (χ2v) is 7.77. The molecule has 0 saturated heterocycles. The van der Waals surface area contributed by atoms with Gasteiger partial charge in [-0.1, -0.05) is 53.8 Å². The predicted molar refractivity (Wildman–Crippen MR) is 117 cm³/mol. The van der Waals surface area contributed by atoms with Gasteiger partial charge in [-0.3, -0.25) is 14.9 Å². The van der Waals surface area contributed by atoms with Crippen molar-refractivity contribution in [1.82, 2.24) is 4.57 Å². The number of ether oxygens (including phenoxy) is 1. The van der Waals surface area contributed by atoms with Crippen LogP contribution in [-0.4, -0.2) is 29.1 Å². The van der Waals surface area contributed by atoms with E-state index in [4.69, 9.17) is 4.74 Å². The minimum Gasteiger partial charge on any atom is -0.383 e. The topological polar surface area (TPSA) is 86.7 Å². The number of non-ortho nitro benzene ring substituents is 1. The van der Waals surface area contributed by atoms with Crippen molar-refractivity contribution in [3.63, 3.8) is 0 Å². The molecule has 0 aliphatic heterocycles. The molecule has 0 spiro atoms. The number of nitro groups is 1. The van der Waals surface area contributed by atoms with Crippen molar-refractivity contribution in [2.45, 2.75) is 13.0 Å². The number of amides is 1. The molecule has 0 saturated carbocycles. The van der Waals surface area contributed by atoms with Gasteiger partial charge in [-0.05, 0) is 22.4 Å². The van der Waals surface area contributed by atoms with Crippen molar-refractivity contribution in [2.75, 3.05) is 13.7 Å². The molecule has 30 heavy (non-hydrogen) atoms. The van der Waals surface area contributed by atoms with Crippen LogP contribution in [0.5, 0.6) is 0 Å². The molecule has 0 radical (unpaired) electrons. The van der Waals surface area contributed by atoms with Crippen LogP contribution >= 0.6 is 11.3 Å². The van der Waals surface area contributed by atoms with E-state index >= 15 is 0 Å². The molecule has 152 valence electrons. The predicted octanol–water partition coefficient (Wildman–Crippen LogP) is 4.08. The molecule has 0 fully saturated rings. The Hall–Kier alpha value is -3.36. The van der Waals surface area contributed by atoms with Crippen molar-refractivity contribution in [2.24, 2.45) is 4.99 Å². The molecule has 1 amide bonds. The average molecular weight is 421 g/mol. The van der Waals surface area contributed by atoms with Crippen molar-refractivity contribution in [1.29, 1.82) is 0 Å². The molecule has 0 bridgehead atoms. The molecule has 3 aromatic carbocycles. The summed E-state index contributed by atoms with van der Waals surface area (Å²) in [6.07, 6.45) is 0.181. The van der Waals surface area contributed by atoms with Gasteiger partial charge in [-0.2, -0.15) is 4.99 Å². The number of hydrogen-bond acceptors (Lipinski definition) is 5. The Kier molecular flexibility index (Phi) is 5.69. The Labute approximate surface area is 176 Å². The van der Waals surface area contributed by atoms with Crippen LogP contribution in [0, 0.1) is 10.1 Å². The number of carbonyl (C=O) groups is 1. The summed E-state index contributed by atoms with van der Waals surface area (Å²) in [7, 11) is 1.58. The number of thiazole rings is 1. The summed E-state index contributed by atoms with van der Waals surface area (Å²) in [6, 6.07) is 18.5. The quantitative estimate of drug-likeness (QED) is 0.347. The third-order valence-electron chi connectivity index (χ3n) is 4.84. The standard InChI is InChI=1S/C22H19N3O4S/c1-29-12-11-24-19-14-17(25(27)28)9-10-20(19)30-22(24)23-21(26)13-16-7-4-6-15-5-2-3-8-18(15)16/h2-10,14H,11-13H2,1H3. The fraction of sp³-hybridized carbons (Fsp3) is 0.182. The van der Waals surface area contributed by atoms with E-state index in [9.17, 15) is 14.9 Å². The lowest BCUT2D eigenvalue weighted by atomic mass is 10.0. The zero-order valence-electron chi connectivity index (χ0n) is 16.3. The Morgan fingerprint density at radius 1 is 1.17 bits per heavy atom. The summed E-state index contributed by atoms with van der Waals surface area (Å²) in [5.74, 6) is -0.265.